The number of nitrogens with one attached hydrogen (secondary N) is 1. The minimum Gasteiger partial charge on any atom is -0.494 e. The van der Waals surface area contributed by atoms with E-state index in [9.17, 15) is 9.59 Å². The third-order valence-corrected chi connectivity index (χ3v) is 2.15. The zero-order valence-corrected chi connectivity index (χ0v) is 9.77. The average molecular weight is 237 g/mol. The Hall–Kier alpha value is -2.04. The molecule has 1 amide bonds. The lowest BCUT2D eigenvalue weighted by atomic mass is 10.2. The molecule has 1 rings (SSSR count). The van der Waals surface area contributed by atoms with Gasteiger partial charge in [0, 0.05) is 5.56 Å². The third kappa shape index (κ3) is 3.79. The molecular weight excluding hydrogens is 222 g/mol. The maximum Gasteiger partial charge on any atom is 0.325 e. The minimum absolute atomic E-state index is 0.404. The van der Waals surface area contributed by atoms with Crippen LogP contribution < -0.4 is 10.1 Å². The molecule has 0 saturated heterocycles. The molecular formula is C12H15NO4. The van der Waals surface area contributed by atoms with Gasteiger partial charge in [-0.15, -0.1) is 0 Å². The highest BCUT2D eigenvalue weighted by atomic mass is 16.5. The minimum atomic E-state index is -1.07. The monoisotopic (exact) mass is 237 g/mol. The second-order valence-electron chi connectivity index (χ2n) is 3.49. The maximum absolute atomic E-state index is 11.6. The molecule has 0 fully saturated rings. The summed E-state index contributed by atoms with van der Waals surface area (Å²) in [4.78, 5) is 22.2. The predicted octanol–water partition coefficient (Wildman–Crippen LogP) is 1.29. The first-order valence-corrected chi connectivity index (χ1v) is 5.31. The van der Waals surface area contributed by atoms with Crippen LogP contribution in [0, 0.1) is 0 Å². The molecule has 5 nitrogen and oxygen atoms in total. The summed E-state index contributed by atoms with van der Waals surface area (Å²) in [5.74, 6) is -0.803. The molecule has 0 aliphatic carbocycles. The predicted molar refractivity (Wildman–Crippen MR) is 62.2 cm³/mol. The van der Waals surface area contributed by atoms with Crippen LogP contribution in [-0.4, -0.2) is 29.6 Å². The van der Waals surface area contributed by atoms with Gasteiger partial charge in [0.1, 0.15) is 11.8 Å². The van der Waals surface area contributed by atoms with Gasteiger partial charge >= 0.3 is 5.97 Å². The number of amides is 1. The van der Waals surface area contributed by atoms with E-state index in [1.807, 2.05) is 6.92 Å². The normalized spacial score (nSPS) is 11.6. The highest BCUT2D eigenvalue weighted by Crippen LogP contribution is 2.12. The van der Waals surface area contributed by atoms with E-state index in [0.717, 1.165) is 0 Å². The summed E-state index contributed by atoms with van der Waals surface area (Å²) in [6.07, 6.45) is 0. The van der Waals surface area contributed by atoms with Crippen molar-refractivity contribution in [2.75, 3.05) is 6.61 Å². The Morgan fingerprint density at radius 1 is 1.35 bits per heavy atom. The van der Waals surface area contributed by atoms with Crippen molar-refractivity contribution in [3.05, 3.63) is 29.8 Å². The number of ether oxygens (including phenoxy) is 1. The standard InChI is InChI=1S/C12H15NO4/c1-3-17-10-6-4-9(5-7-10)11(14)13-8(2)12(15)16/h4-8H,3H2,1-2H3,(H,13,14)(H,15,16)/t8-/m1/s1. The van der Waals surface area contributed by atoms with Gasteiger partial charge in [0.25, 0.3) is 5.91 Å². The fourth-order valence-corrected chi connectivity index (χ4v) is 1.21. The Balaban J connectivity index is 2.66. The molecule has 0 aromatic heterocycles. The van der Waals surface area contributed by atoms with Crippen molar-refractivity contribution >= 4 is 11.9 Å². The van der Waals surface area contributed by atoms with Gasteiger partial charge in [-0.05, 0) is 38.1 Å². The Kier molecular flexibility index (Phi) is 4.51. The number of carboxylic acid groups (broad SMARTS) is 1. The van der Waals surface area contributed by atoms with Crippen LogP contribution in [0.1, 0.15) is 24.2 Å². The molecule has 5 heteroatoms. The van der Waals surface area contributed by atoms with Crippen LogP contribution in [0.2, 0.25) is 0 Å². The highest BCUT2D eigenvalue weighted by Gasteiger charge is 2.14. The molecule has 0 bridgehead atoms. The van der Waals surface area contributed by atoms with E-state index < -0.39 is 17.9 Å². The van der Waals surface area contributed by atoms with Crippen molar-refractivity contribution in [2.45, 2.75) is 19.9 Å². The number of hydrogen-bond acceptors (Lipinski definition) is 3. The molecule has 0 saturated carbocycles. The molecule has 1 aromatic carbocycles. The van der Waals surface area contributed by atoms with E-state index in [1.54, 1.807) is 24.3 Å². The van der Waals surface area contributed by atoms with Crippen molar-refractivity contribution in [3.63, 3.8) is 0 Å². The largest absolute Gasteiger partial charge is 0.494 e. The summed E-state index contributed by atoms with van der Waals surface area (Å²) in [6.45, 7) is 3.84. The third-order valence-electron chi connectivity index (χ3n) is 2.15. The van der Waals surface area contributed by atoms with Gasteiger partial charge in [0.05, 0.1) is 6.61 Å². The van der Waals surface area contributed by atoms with Crippen LogP contribution in [0.4, 0.5) is 0 Å². The van der Waals surface area contributed by atoms with Gasteiger partial charge in [-0.3, -0.25) is 9.59 Å². The van der Waals surface area contributed by atoms with E-state index in [-0.39, 0.29) is 0 Å². The molecule has 0 radical (unpaired) electrons. The first-order chi connectivity index (χ1) is 8.04. The van der Waals surface area contributed by atoms with Crippen LogP contribution in [0.15, 0.2) is 24.3 Å². The van der Waals surface area contributed by atoms with E-state index in [1.165, 1.54) is 6.92 Å². The summed E-state index contributed by atoms with van der Waals surface area (Å²) in [5, 5.41) is 11.0. The van der Waals surface area contributed by atoms with E-state index >= 15 is 0 Å². The maximum atomic E-state index is 11.6. The van der Waals surface area contributed by atoms with E-state index in [2.05, 4.69) is 5.32 Å². The fourth-order valence-electron chi connectivity index (χ4n) is 1.21. The topological polar surface area (TPSA) is 75.6 Å². The molecule has 2 N–H and O–H groups in total. The van der Waals surface area contributed by atoms with E-state index in [4.69, 9.17) is 9.84 Å². The molecule has 1 atom stereocenters. The zero-order chi connectivity index (χ0) is 12.8. The van der Waals surface area contributed by atoms with Gasteiger partial charge in [0.15, 0.2) is 0 Å². The zero-order valence-electron chi connectivity index (χ0n) is 9.77. The quantitative estimate of drug-likeness (QED) is 0.809. The second-order valence-corrected chi connectivity index (χ2v) is 3.49. The number of carbonyl (C=O) groups is 2. The smallest absolute Gasteiger partial charge is 0.325 e. The molecule has 0 spiro atoms. The Labute approximate surface area is 99.4 Å². The first kappa shape index (κ1) is 13.0. The van der Waals surface area contributed by atoms with Gasteiger partial charge in [-0.2, -0.15) is 0 Å². The lowest BCUT2D eigenvalue weighted by molar-refractivity contribution is -0.138. The van der Waals surface area contributed by atoms with E-state index in [0.29, 0.717) is 17.9 Å². The molecule has 92 valence electrons. The first-order valence-electron chi connectivity index (χ1n) is 5.31. The molecule has 0 aliphatic heterocycles. The molecule has 0 heterocycles. The number of carbonyl (C=O) groups excluding carboxylic acids is 1. The van der Waals surface area contributed by atoms with Crippen LogP contribution in [-0.2, 0) is 4.79 Å². The van der Waals surface area contributed by atoms with Crippen molar-refractivity contribution in [3.8, 4) is 5.75 Å². The lowest BCUT2D eigenvalue weighted by Crippen LogP contribution is -2.38. The van der Waals surface area contributed by atoms with Crippen molar-refractivity contribution in [1.82, 2.24) is 5.32 Å². The Morgan fingerprint density at radius 2 is 1.94 bits per heavy atom. The summed E-state index contributed by atoms with van der Waals surface area (Å²) < 4.78 is 5.23. The van der Waals surface area contributed by atoms with Crippen LogP contribution >= 0.6 is 0 Å². The van der Waals surface area contributed by atoms with Gasteiger partial charge in [-0.25, -0.2) is 0 Å². The Bertz CT molecular complexity index is 399. The van der Waals surface area contributed by atoms with Crippen LogP contribution in [0.25, 0.3) is 0 Å². The summed E-state index contributed by atoms with van der Waals surface area (Å²) >= 11 is 0. The van der Waals surface area contributed by atoms with Crippen molar-refractivity contribution in [2.24, 2.45) is 0 Å². The van der Waals surface area contributed by atoms with Gasteiger partial charge < -0.3 is 15.2 Å². The number of rotatable bonds is 5. The number of benzene rings is 1. The number of aliphatic carboxylic acids is 1. The van der Waals surface area contributed by atoms with Crippen molar-refractivity contribution in [1.29, 1.82) is 0 Å². The summed E-state index contributed by atoms with van der Waals surface area (Å²) in [7, 11) is 0. The van der Waals surface area contributed by atoms with Gasteiger partial charge in [0.2, 0.25) is 0 Å². The summed E-state index contributed by atoms with van der Waals surface area (Å²) in [6, 6.07) is 5.62. The van der Waals surface area contributed by atoms with Crippen molar-refractivity contribution < 1.29 is 19.4 Å². The lowest BCUT2D eigenvalue weighted by Gasteiger charge is -2.09. The summed E-state index contributed by atoms with van der Waals surface area (Å²) in [5.41, 5.74) is 0.404. The number of carboxylic acids is 1. The molecule has 0 aliphatic rings. The molecule has 0 unspecified atom stereocenters. The SMILES string of the molecule is CCOc1ccc(C(=O)N[C@H](C)C(=O)O)cc1. The molecule has 17 heavy (non-hydrogen) atoms. The highest BCUT2D eigenvalue weighted by molar-refractivity contribution is 5.96. The van der Waals surface area contributed by atoms with Gasteiger partial charge in [-0.1, -0.05) is 0 Å². The van der Waals surface area contributed by atoms with Crippen LogP contribution in [0.5, 0.6) is 5.75 Å². The van der Waals surface area contributed by atoms with Crippen LogP contribution in [0.3, 0.4) is 0 Å². The Morgan fingerprint density at radius 3 is 2.41 bits per heavy atom. The average Bonchev–Trinajstić information content (AvgIpc) is 2.30. The molecule has 1 aromatic rings. The second kappa shape index (κ2) is 5.89. The number of hydrogen-bond donors (Lipinski definition) is 2. The fraction of sp³-hybridized carbons (Fsp3) is 0.333.